The lowest BCUT2D eigenvalue weighted by Crippen LogP contribution is -2.39. The number of rotatable bonds is 1. The molecule has 1 aromatic rings. The van der Waals surface area contributed by atoms with Crippen molar-refractivity contribution in [2.75, 3.05) is 0 Å². The van der Waals surface area contributed by atoms with Crippen molar-refractivity contribution >= 4 is 0 Å². The minimum Gasteiger partial charge on any atom is -0.507 e. The summed E-state index contributed by atoms with van der Waals surface area (Å²) in [6, 6.07) is 1.32. The molecule has 21 heavy (non-hydrogen) atoms. The van der Waals surface area contributed by atoms with E-state index in [0.717, 1.165) is 12.6 Å². The lowest BCUT2D eigenvalue weighted by molar-refractivity contribution is -0.0169. The summed E-state index contributed by atoms with van der Waals surface area (Å²) < 4.78 is 0.498. The molecule has 0 aliphatic heterocycles. The van der Waals surface area contributed by atoms with Gasteiger partial charge in [0.15, 0.2) is 0 Å². The smallest absolute Gasteiger partial charge is 0.290 e. The van der Waals surface area contributed by atoms with Crippen LogP contribution in [-0.4, -0.2) is 25.8 Å². The van der Waals surface area contributed by atoms with Crippen molar-refractivity contribution in [2.45, 2.75) is 52.1 Å². The Kier molecular flexibility index (Phi) is 4.06. The second kappa shape index (κ2) is 5.37. The largest absolute Gasteiger partial charge is 0.507 e. The van der Waals surface area contributed by atoms with E-state index in [-0.39, 0.29) is 29.1 Å². The molecule has 1 aliphatic rings. The Morgan fingerprint density at radius 3 is 2.57 bits per heavy atom. The summed E-state index contributed by atoms with van der Waals surface area (Å²) in [7, 11) is 0. The van der Waals surface area contributed by atoms with Gasteiger partial charge in [-0.2, -0.15) is 4.73 Å². The van der Waals surface area contributed by atoms with Crippen LogP contribution in [0.4, 0.5) is 0 Å². The predicted molar refractivity (Wildman–Crippen MR) is 79.6 cm³/mol. The summed E-state index contributed by atoms with van der Waals surface area (Å²) >= 11 is 0. The summed E-state index contributed by atoms with van der Waals surface area (Å²) in [6.07, 6.45) is 2.66. The van der Waals surface area contributed by atoms with Crippen LogP contribution in [0.2, 0.25) is 0 Å². The molecule has 0 unspecified atom stereocenters. The fourth-order valence-electron chi connectivity index (χ4n) is 4.02. The van der Waals surface area contributed by atoms with E-state index in [1.807, 2.05) is 13.8 Å². The first kappa shape index (κ1) is 15.9. The SMILES string of the molecule is C[C@@H]1C[C@H](C)[C@@H](c2c(O)ccn(O)c2=O)[C@H](C)[C@@](C)(O)C1. The van der Waals surface area contributed by atoms with Crippen molar-refractivity contribution in [1.29, 1.82) is 0 Å². The molecule has 1 heterocycles. The number of hydrogen-bond acceptors (Lipinski definition) is 4. The Balaban J connectivity index is 2.60. The molecule has 0 bridgehead atoms. The van der Waals surface area contributed by atoms with E-state index in [9.17, 15) is 20.2 Å². The Bertz CT molecular complexity index is 578. The number of hydrogen-bond donors (Lipinski definition) is 3. The molecule has 0 saturated heterocycles. The van der Waals surface area contributed by atoms with Gasteiger partial charge in [-0.1, -0.05) is 20.8 Å². The minimum absolute atomic E-state index is 0.112. The summed E-state index contributed by atoms with van der Waals surface area (Å²) in [4.78, 5) is 12.3. The van der Waals surface area contributed by atoms with Crippen molar-refractivity contribution in [1.82, 2.24) is 4.73 Å². The molecule has 2 rings (SSSR count). The number of aromatic nitrogens is 1. The summed E-state index contributed by atoms with van der Waals surface area (Å²) in [5.74, 6) is -0.135. The van der Waals surface area contributed by atoms with Gasteiger partial charge in [-0.15, -0.1) is 0 Å². The van der Waals surface area contributed by atoms with Gasteiger partial charge in [0, 0.05) is 12.0 Å². The highest BCUT2D eigenvalue weighted by atomic mass is 16.5. The minimum atomic E-state index is -0.913. The van der Waals surface area contributed by atoms with E-state index in [2.05, 4.69) is 6.92 Å². The highest BCUT2D eigenvalue weighted by molar-refractivity contribution is 5.34. The number of pyridine rings is 1. The molecule has 1 saturated carbocycles. The van der Waals surface area contributed by atoms with E-state index < -0.39 is 11.2 Å². The third-order valence-electron chi connectivity index (χ3n) is 5.09. The summed E-state index contributed by atoms with van der Waals surface area (Å²) in [6.45, 7) is 7.82. The molecule has 0 spiro atoms. The van der Waals surface area contributed by atoms with Gasteiger partial charge in [-0.05, 0) is 37.5 Å². The highest BCUT2D eigenvalue weighted by Crippen LogP contribution is 2.47. The fourth-order valence-corrected chi connectivity index (χ4v) is 4.02. The number of nitrogens with zero attached hydrogens (tertiary/aromatic N) is 1. The van der Waals surface area contributed by atoms with Crippen LogP contribution < -0.4 is 5.56 Å². The maximum atomic E-state index is 12.3. The zero-order valence-corrected chi connectivity index (χ0v) is 13.1. The first-order chi connectivity index (χ1) is 9.65. The quantitative estimate of drug-likeness (QED) is 0.548. The molecule has 118 valence electrons. The van der Waals surface area contributed by atoms with Crippen LogP contribution in [0.5, 0.6) is 5.75 Å². The Morgan fingerprint density at radius 2 is 1.95 bits per heavy atom. The summed E-state index contributed by atoms with van der Waals surface area (Å²) in [5, 5.41) is 30.5. The van der Waals surface area contributed by atoms with Crippen molar-refractivity contribution in [3.05, 3.63) is 28.2 Å². The molecule has 0 radical (unpaired) electrons. The fraction of sp³-hybridized carbons (Fsp3) is 0.688. The zero-order chi connectivity index (χ0) is 15.9. The third-order valence-corrected chi connectivity index (χ3v) is 5.09. The second-order valence-corrected chi connectivity index (χ2v) is 6.96. The van der Waals surface area contributed by atoms with Gasteiger partial charge in [-0.3, -0.25) is 4.79 Å². The molecule has 0 aromatic carbocycles. The monoisotopic (exact) mass is 295 g/mol. The number of aromatic hydroxyl groups is 1. The Hall–Kier alpha value is -1.49. The van der Waals surface area contributed by atoms with E-state index >= 15 is 0 Å². The molecule has 1 fully saturated rings. The van der Waals surface area contributed by atoms with Crippen LogP contribution in [-0.2, 0) is 0 Å². The van der Waals surface area contributed by atoms with Crippen LogP contribution in [0, 0.1) is 17.8 Å². The van der Waals surface area contributed by atoms with Crippen LogP contribution in [0.15, 0.2) is 17.1 Å². The van der Waals surface area contributed by atoms with Gasteiger partial charge in [-0.25, -0.2) is 0 Å². The van der Waals surface area contributed by atoms with Gasteiger partial charge in [0.25, 0.3) is 5.56 Å². The van der Waals surface area contributed by atoms with Crippen LogP contribution in [0.25, 0.3) is 0 Å². The van der Waals surface area contributed by atoms with Gasteiger partial charge < -0.3 is 15.4 Å². The maximum Gasteiger partial charge on any atom is 0.290 e. The predicted octanol–water partition coefficient (Wildman–Crippen LogP) is 2.33. The molecular formula is C16H25NO4. The Morgan fingerprint density at radius 1 is 1.33 bits per heavy atom. The topological polar surface area (TPSA) is 82.7 Å². The molecule has 5 heteroatoms. The van der Waals surface area contributed by atoms with E-state index in [1.165, 1.54) is 6.07 Å². The molecule has 1 aromatic heterocycles. The first-order valence-electron chi connectivity index (χ1n) is 7.51. The molecule has 5 nitrogen and oxygen atoms in total. The molecule has 5 atom stereocenters. The van der Waals surface area contributed by atoms with Crippen LogP contribution in [0.3, 0.4) is 0 Å². The van der Waals surface area contributed by atoms with Crippen molar-refractivity contribution in [2.24, 2.45) is 17.8 Å². The molecule has 3 N–H and O–H groups in total. The van der Waals surface area contributed by atoms with Gasteiger partial charge >= 0.3 is 0 Å². The van der Waals surface area contributed by atoms with E-state index in [4.69, 9.17) is 0 Å². The first-order valence-corrected chi connectivity index (χ1v) is 7.51. The third kappa shape index (κ3) is 2.79. The molecular weight excluding hydrogens is 270 g/mol. The molecule has 1 aliphatic carbocycles. The average molecular weight is 295 g/mol. The van der Waals surface area contributed by atoms with Gasteiger partial charge in [0.2, 0.25) is 0 Å². The lowest BCUT2D eigenvalue weighted by Gasteiger charge is -2.36. The zero-order valence-electron chi connectivity index (χ0n) is 13.1. The van der Waals surface area contributed by atoms with Gasteiger partial charge in [0.05, 0.1) is 17.4 Å². The van der Waals surface area contributed by atoms with Crippen molar-refractivity contribution < 1.29 is 15.4 Å². The Labute approximate surface area is 124 Å². The van der Waals surface area contributed by atoms with Crippen molar-refractivity contribution in [3.63, 3.8) is 0 Å². The molecule has 0 amide bonds. The van der Waals surface area contributed by atoms with Crippen molar-refractivity contribution in [3.8, 4) is 5.75 Å². The maximum absolute atomic E-state index is 12.3. The van der Waals surface area contributed by atoms with Crippen LogP contribution >= 0.6 is 0 Å². The van der Waals surface area contributed by atoms with E-state index in [0.29, 0.717) is 17.1 Å². The van der Waals surface area contributed by atoms with E-state index in [1.54, 1.807) is 6.92 Å². The lowest BCUT2D eigenvalue weighted by atomic mass is 9.72. The summed E-state index contributed by atoms with van der Waals surface area (Å²) in [5.41, 5.74) is -1.32. The van der Waals surface area contributed by atoms with Crippen LogP contribution in [0.1, 0.15) is 52.0 Å². The second-order valence-electron chi connectivity index (χ2n) is 6.96. The van der Waals surface area contributed by atoms with Gasteiger partial charge in [0.1, 0.15) is 5.75 Å². The normalized spacial score (nSPS) is 37.2. The standard InChI is InChI=1S/C16H25NO4/c1-9-7-10(2)13(11(3)16(4,20)8-9)14-12(18)5-6-17(21)15(14)19/h5-6,9-11,13,18,20-21H,7-8H2,1-4H3/t9-,10+,11+,13-,16+/m1/s1. The highest BCUT2D eigenvalue weighted by Gasteiger charge is 2.43. The average Bonchev–Trinajstić information content (AvgIpc) is 2.43. The number of aliphatic hydroxyl groups is 1.